The van der Waals surface area contributed by atoms with E-state index in [2.05, 4.69) is 80.3 Å². The van der Waals surface area contributed by atoms with Gasteiger partial charge in [0, 0.05) is 11.5 Å². The fourth-order valence-electron chi connectivity index (χ4n) is 1.85. The van der Waals surface area contributed by atoms with E-state index in [-0.39, 0.29) is 0 Å². The molecule has 0 fully saturated rings. The van der Waals surface area contributed by atoms with Gasteiger partial charge in [-0.3, -0.25) is 0 Å². The highest BCUT2D eigenvalue weighted by Crippen LogP contribution is 2.42. The molecule has 2 rings (SSSR count). The molecule has 2 aromatic carbocycles. The fraction of sp³-hybridized carbons (Fsp3) is 0.250. The Bertz CT molecular complexity index is 493. The molecule has 0 aliphatic heterocycles. The highest BCUT2D eigenvalue weighted by Gasteiger charge is 2.22. The molecule has 0 bridgehead atoms. The van der Waals surface area contributed by atoms with E-state index in [1.54, 1.807) is 0 Å². The zero-order valence-corrected chi connectivity index (χ0v) is 13.7. The van der Waals surface area contributed by atoms with E-state index < -0.39 is 16.5 Å². The lowest BCUT2D eigenvalue weighted by Gasteiger charge is -2.26. The van der Waals surface area contributed by atoms with Crippen molar-refractivity contribution >= 4 is 21.8 Å². The molecule has 0 saturated heterocycles. The molecule has 0 N–H and O–H groups in total. The van der Waals surface area contributed by atoms with Crippen LogP contribution in [0, 0.1) is 0 Å². The summed E-state index contributed by atoms with van der Waals surface area (Å²) in [6.07, 6.45) is 1.00. The van der Waals surface area contributed by atoms with Gasteiger partial charge in [0.05, 0.1) is 8.15 Å². The van der Waals surface area contributed by atoms with Crippen molar-refractivity contribution in [2.75, 3.05) is 0 Å². The van der Waals surface area contributed by atoms with E-state index >= 15 is 0 Å². The quantitative estimate of drug-likeness (QED) is 0.569. The summed E-state index contributed by atoms with van der Waals surface area (Å²) in [5, 5.41) is 1.34. The second kappa shape index (κ2) is 6.47. The summed E-state index contributed by atoms with van der Waals surface area (Å²) in [7, 11) is -2.09. The lowest BCUT2D eigenvalue weighted by atomic mass is 10.2. The standard InChI is InChI=1S/C16H21OPSi/c1-19(2,3)17-18(16-12-8-5-9-13-16)14-15-10-6-4-7-11-15/h4-13H,14H2,1-3H3. The number of hydrogen-bond acceptors (Lipinski definition) is 1. The highest BCUT2D eigenvalue weighted by atomic mass is 31.1. The van der Waals surface area contributed by atoms with Crippen LogP contribution in [0.2, 0.25) is 19.6 Å². The van der Waals surface area contributed by atoms with Crippen molar-refractivity contribution in [2.24, 2.45) is 0 Å². The van der Waals surface area contributed by atoms with Crippen LogP contribution in [0.3, 0.4) is 0 Å². The van der Waals surface area contributed by atoms with Crippen LogP contribution in [0.5, 0.6) is 0 Å². The van der Waals surface area contributed by atoms with Crippen molar-refractivity contribution in [3.8, 4) is 0 Å². The van der Waals surface area contributed by atoms with Crippen LogP contribution in [-0.4, -0.2) is 8.32 Å². The maximum atomic E-state index is 6.43. The molecule has 1 atom stereocenters. The first-order valence-electron chi connectivity index (χ1n) is 6.60. The molecular weight excluding hydrogens is 267 g/mol. The van der Waals surface area contributed by atoms with Gasteiger partial charge in [-0.15, -0.1) is 0 Å². The Hall–Kier alpha value is -0.953. The fourth-order valence-corrected chi connectivity index (χ4v) is 6.40. The highest BCUT2D eigenvalue weighted by molar-refractivity contribution is 7.61. The zero-order chi connectivity index (χ0) is 13.7. The van der Waals surface area contributed by atoms with Crippen LogP contribution in [-0.2, 0) is 10.4 Å². The van der Waals surface area contributed by atoms with E-state index in [0.29, 0.717) is 0 Å². The van der Waals surface area contributed by atoms with Crippen molar-refractivity contribution in [2.45, 2.75) is 25.8 Å². The maximum absolute atomic E-state index is 6.43. The van der Waals surface area contributed by atoms with E-state index in [4.69, 9.17) is 4.21 Å². The van der Waals surface area contributed by atoms with Crippen LogP contribution >= 0.6 is 8.15 Å². The summed E-state index contributed by atoms with van der Waals surface area (Å²) < 4.78 is 6.43. The Morgan fingerprint density at radius 1 is 0.842 bits per heavy atom. The van der Waals surface area contributed by atoms with Gasteiger partial charge in [-0.05, 0) is 25.2 Å². The number of benzene rings is 2. The average molecular weight is 288 g/mol. The van der Waals surface area contributed by atoms with Crippen LogP contribution < -0.4 is 5.30 Å². The molecule has 19 heavy (non-hydrogen) atoms. The monoisotopic (exact) mass is 288 g/mol. The van der Waals surface area contributed by atoms with E-state index in [0.717, 1.165) is 6.16 Å². The van der Waals surface area contributed by atoms with Gasteiger partial charge in [-0.1, -0.05) is 60.7 Å². The second-order valence-electron chi connectivity index (χ2n) is 5.56. The Kier molecular flexibility index (Phi) is 4.92. The predicted molar refractivity (Wildman–Crippen MR) is 87.6 cm³/mol. The molecule has 0 saturated carbocycles. The van der Waals surface area contributed by atoms with E-state index in [9.17, 15) is 0 Å². The summed E-state index contributed by atoms with van der Waals surface area (Å²) >= 11 is 0. The minimum Gasteiger partial charge on any atom is -0.392 e. The largest absolute Gasteiger partial charge is 0.392 e. The van der Waals surface area contributed by atoms with Crippen LogP contribution in [0.25, 0.3) is 0 Å². The average Bonchev–Trinajstić information content (AvgIpc) is 2.39. The normalized spacial score (nSPS) is 13.2. The second-order valence-corrected chi connectivity index (χ2v) is 12.1. The van der Waals surface area contributed by atoms with Gasteiger partial charge >= 0.3 is 0 Å². The first kappa shape index (κ1) is 14.5. The molecule has 0 heterocycles. The summed E-state index contributed by atoms with van der Waals surface area (Å²) in [5.74, 6) is 0. The number of rotatable bonds is 5. The molecule has 1 nitrogen and oxygen atoms in total. The van der Waals surface area contributed by atoms with E-state index in [1.807, 2.05) is 0 Å². The summed E-state index contributed by atoms with van der Waals surface area (Å²) in [4.78, 5) is 0. The molecule has 0 aliphatic rings. The van der Waals surface area contributed by atoms with Crippen LogP contribution in [0.4, 0.5) is 0 Å². The first-order chi connectivity index (χ1) is 9.04. The predicted octanol–water partition coefficient (Wildman–Crippen LogP) is 4.76. The third kappa shape index (κ3) is 4.91. The summed E-state index contributed by atoms with van der Waals surface area (Å²) in [6.45, 7) is 6.78. The Labute approximate surface area is 118 Å². The third-order valence-electron chi connectivity index (χ3n) is 2.60. The van der Waals surface area contributed by atoms with Crippen molar-refractivity contribution in [1.82, 2.24) is 0 Å². The van der Waals surface area contributed by atoms with Crippen molar-refractivity contribution < 1.29 is 4.21 Å². The lowest BCUT2D eigenvalue weighted by molar-refractivity contribution is 0.624. The minimum absolute atomic E-state index is 0.558. The molecule has 0 aromatic heterocycles. The Morgan fingerprint density at radius 3 is 1.89 bits per heavy atom. The van der Waals surface area contributed by atoms with Gasteiger partial charge in [0.2, 0.25) is 0 Å². The first-order valence-corrected chi connectivity index (χ1v) is 11.5. The molecule has 2 aromatic rings. The molecule has 0 radical (unpaired) electrons. The van der Waals surface area contributed by atoms with Crippen molar-refractivity contribution in [3.05, 3.63) is 66.2 Å². The molecule has 1 unspecified atom stereocenters. The maximum Gasteiger partial charge on any atom is 0.189 e. The summed E-state index contributed by atoms with van der Waals surface area (Å²) in [5.41, 5.74) is 1.36. The molecule has 0 amide bonds. The molecule has 100 valence electrons. The Balaban J connectivity index is 2.20. The molecule has 0 spiro atoms. The molecule has 3 heteroatoms. The van der Waals surface area contributed by atoms with Crippen molar-refractivity contribution in [3.63, 3.8) is 0 Å². The molecule has 0 aliphatic carbocycles. The summed E-state index contributed by atoms with van der Waals surface area (Å²) in [6, 6.07) is 21.3. The van der Waals surface area contributed by atoms with Gasteiger partial charge < -0.3 is 4.21 Å². The zero-order valence-electron chi connectivity index (χ0n) is 11.8. The SMILES string of the molecule is C[Si](C)(C)OP(Cc1ccccc1)c1ccccc1. The minimum atomic E-state index is -1.53. The van der Waals surface area contributed by atoms with Crippen LogP contribution in [0.15, 0.2) is 60.7 Å². The topological polar surface area (TPSA) is 9.23 Å². The van der Waals surface area contributed by atoms with Gasteiger partial charge in [-0.2, -0.15) is 0 Å². The van der Waals surface area contributed by atoms with E-state index in [1.165, 1.54) is 10.9 Å². The van der Waals surface area contributed by atoms with Gasteiger partial charge in [-0.25, -0.2) is 0 Å². The Morgan fingerprint density at radius 2 is 1.37 bits per heavy atom. The van der Waals surface area contributed by atoms with Crippen molar-refractivity contribution in [1.29, 1.82) is 0 Å². The van der Waals surface area contributed by atoms with Gasteiger partial charge in [0.25, 0.3) is 0 Å². The smallest absolute Gasteiger partial charge is 0.189 e. The number of hydrogen-bond donors (Lipinski definition) is 0. The van der Waals surface area contributed by atoms with Gasteiger partial charge in [0.1, 0.15) is 0 Å². The third-order valence-corrected chi connectivity index (χ3v) is 7.20. The van der Waals surface area contributed by atoms with Crippen LogP contribution in [0.1, 0.15) is 5.56 Å². The molecular formula is C16H21OPSi. The lowest BCUT2D eigenvalue weighted by Crippen LogP contribution is -2.25. The van der Waals surface area contributed by atoms with Gasteiger partial charge in [0.15, 0.2) is 8.32 Å².